The average Bonchev–Trinajstić information content (AvgIpc) is 2.99. The molecular weight excluding hydrogens is 292 g/mol. The Morgan fingerprint density at radius 2 is 1.73 bits per heavy atom. The molecule has 0 spiro atoms. The van der Waals surface area contributed by atoms with Crippen LogP contribution in [0.25, 0.3) is 11.1 Å². The van der Waals surface area contributed by atoms with E-state index in [1.807, 2.05) is 48.1 Å². The summed E-state index contributed by atoms with van der Waals surface area (Å²) >= 11 is 1.56. The van der Waals surface area contributed by atoms with Gasteiger partial charge in [-0.1, -0.05) is 66.4 Å². The van der Waals surface area contributed by atoms with E-state index in [9.17, 15) is 5.11 Å². The smallest absolute Gasteiger partial charge is 0.167 e. The largest absolute Gasteiger partial charge is 0.388 e. The molecule has 22 heavy (non-hydrogen) atoms. The zero-order valence-electron chi connectivity index (χ0n) is 12.4. The summed E-state index contributed by atoms with van der Waals surface area (Å²) < 4.78 is 1.95. The Morgan fingerprint density at radius 1 is 1.05 bits per heavy atom. The first-order valence-corrected chi connectivity index (χ1v) is 8.16. The maximum Gasteiger partial charge on any atom is 0.167 e. The van der Waals surface area contributed by atoms with Gasteiger partial charge in [-0.2, -0.15) is 0 Å². The lowest BCUT2D eigenvalue weighted by molar-refractivity contribution is 0.204. The summed E-state index contributed by atoms with van der Waals surface area (Å²) in [6.45, 7) is 0. The van der Waals surface area contributed by atoms with Gasteiger partial charge in [-0.05, 0) is 16.7 Å². The third kappa shape index (κ3) is 3.40. The highest BCUT2D eigenvalue weighted by atomic mass is 32.2. The van der Waals surface area contributed by atoms with Crippen LogP contribution in [0.4, 0.5) is 0 Å². The second kappa shape index (κ2) is 6.81. The molecule has 0 radical (unpaired) electrons. The topological polar surface area (TPSA) is 38.0 Å². The van der Waals surface area contributed by atoms with Crippen LogP contribution in [0, 0.1) is 0 Å². The molecule has 1 N–H and O–H groups in total. The number of hydrogen-bond donors (Lipinski definition) is 1. The molecule has 1 aromatic heterocycles. The highest BCUT2D eigenvalue weighted by Crippen LogP contribution is 2.25. The van der Waals surface area contributed by atoms with Gasteiger partial charge in [0, 0.05) is 25.2 Å². The van der Waals surface area contributed by atoms with E-state index < -0.39 is 6.10 Å². The van der Waals surface area contributed by atoms with Gasteiger partial charge in [0.25, 0.3) is 0 Å². The zero-order chi connectivity index (χ0) is 15.4. The summed E-state index contributed by atoms with van der Waals surface area (Å²) in [5.41, 5.74) is 3.28. The third-order valence-electron chi connectivity index (χ3n) is 3.55. The quantitative estimate of drug-likeness (QED) is 0.726. The molecule has 0 aliphatic heterocycles. The first kappa shape index (κ1) is 14.9. The number of aromatic nitrogens is 2. The lowest BCUT2D eigenvalue weighted by Crippen LogP contribution is -2.01. The molecule has 0 unspecified atom stereocenters. The molecule has 3 nitrogen and oxygen atoms in total. The second-order valence-corrected chi connectivity index (χ2v) is 6.12. The fraction of sp³-hybridized carbons (Fsp3) is 0.167. The van der Waals surface area contributed by atoms with E-state index in [0.29, 0.717) is 5.75 Å². The van der Waals surface area contributed by atoms with E-state index in [-0.39, 0.29) is 0 Å². The molecule has 0 amide bonds. The molecule has 0 bridgehead atoms. The number of aryl methyl sites for hydroxylation is 1. The Balaban J connectivity index is 1.66. The number of nitrogens with zero attached hydrogens (tertiary/aromatic N) is 2. The Morgan fingerprint density at radius 3 is 2.36 bits per heavy atom. The van der Waals surface area contributed by atoms with Gasteiger partial charge >= 0.3 is 0 Å². The molecule has 2 aromatic carbocycles. The average molecular weight is 310 g/mol. The molecular formula is C18H18N2OS. The predicted octanol–water partition coefficient (Wildman–Crippen LogP) is 3.91. The van der Waals surface area contributed by atoms with Crippen LogP contribution < -0.4 is 0 Å². The van der Waals surface area contributed by atoms with E-state index in [4.69, 9.17) is 0 Å². The molecule has 3 aromatic rings. The van der Waals surface area contributed by atoms with Gasteiger partial charge in [0.05, 0.1) is 6.10 Å². The van der Waals surface area contributed by atoms with E-state index in [2.05, 4.69) is 29.2 Å². The van der Waals surface area contributed by atoms with Crippen molar-refractivity contribution in [3.63, 3.8) is 0 Å². The van der Waals surface area contributed by atoms with Crippen LogP contribution in [0.2, 0.25) is 0 Å². The fourth-order valence-electron chi connectivity index (χ4n) is 2.27. The minimum Gasteiger partial charge on any atom is -0.388 e. The molecule has 0 fully saturated rings. The van der Waals surface area contributed by atoms with Crippen molar-refractivity contribution >= 4 is 11.8 Å². The summed E-state index contributed by atoms with van der Waals surface area (Å²) in [5.74, 6) is 0.593. The van der Waals surface area contributed by atoms with Gasteiger partial charge < -0.3 is 9.67 Å². The molecule has 3 rings (SSSR count). The first-order valence-electron chi connectivity index (χ1n) is 7.17. The van der Waals surface area contributed by atoms with Crippen molar-refractivity contribution in [3.8, 4) is 11.1 Å². The summed E-state index contributed by atoms with van der Waals surface area (Å²) in [6.07, 6.45) is 3.18. The normalized spacial score (nSPS) is 12.3. The van der Waals surface area contributed by atoms with Crippen molar-refractivity contribution < 1.29 is 5.11 Å². The Bertz CT molecular complexity index is 722. The summed E-state index contributed by atoms with van der Waals surface area (Å²) in [7, 11) is 1.95. The van der Waals surface area contributed by atoms with Gasteiger partial charge in [-0.25, -0.2) is 4.98 Å². The lowest BCUT2D eigenvalue weighted by atomic mass is 10.0. The lowest BCUT2D eigenvalue weighted by Gasteiger charge is -2.11. The van der Waals surface area contributed by atoms with Crippen LogP contribution in [-0.2, 0) is 7.05 Å². The summed E-state index contributed by atoms with van der Waals surface area (Å²) in [4.78, 5) is 4.25. The van der Waals surface area contributed by atoms with Gasteiger partial charge in [0.1, 0.15) is 0 Å². The Kier molecular flexibility index (Phi) is 4.61. The van der Waals surface area contributed by atoms with Crippen molar-refractivity contribution in [1.82, 2.24) is 9.55 Å². The van der Waals surface area contributed by atoms with E-state index in [0.717, 1.165) is 16.3 Å². The van der Waals surface area contributed by atoms with Gasteiger partial charge in [-0.3, -0.25) is 0 Å². The van der Waals surface area contributed by atoms with Gasteiger partial charge in [0.15, 0.2) is 5.16 Å². The first-order chi connectivity index (χ1) is 10.7. The van der Waals surface area contributed by atoms with Crippen molar-refractivity contribution in [2.24, 2.45) is 7.05 Å². The second-order valence-electron chi connectivity index (χ2n) is 5.14. The van der Waals surface area contributed by atoms with E-state index in [1.165, 1.54) is 5.56 Å². The third-order valence-corrected chi connectivity index (χ3v) is 4.68. The highest BCUT2D eigenvalue weighted by molar-refractivity contribution is 7.99. The van der Waals surface area contributed by atoms with Crippen LogP contribution in [0.5, 0.6) is 0 Å². The van der Waals surface area contributed by atoms with Gasteiger partial charge in [0.2, 0.25) is 0 Å². The van der Waals surface area contributed by atoms with Crippen molar-refractivity contribution in [2.45, 2.75) is 11.3 Å². The van der Waals surface area contributed by atoms with Crippen molar-refractivity contribution in [2.75, 3.05) is 5.75 Å². The summed E-state index contributed by atoms with van der Waals surface area (Å²) in [6, 6.07) is 18.3. The minimum absolute atomic E-state index is 0.494. The molecule has 0 saturated heterocycles. The maximum absolute atomic E-state index is 10.3. The molecule has 0 aliphatic carbocycles. The number of aliphatic hydroxyl groups is 1. The number of benzene rings is 2. The highest BCUT2D eigenvalue weighted by Gasteiger charge is 2.10. The Labute approximate surface area is 134 Å². The maximum atomic E-state index is 10.3. The molecule has 4 heteroatoms. The number of rotatable bonds is 5. The predicted molar refractivity (Wildman–Crippen MR) is 90.8 cm³/mol. The van der Waals surface area contributed by atoms with E-state index in [1.54, 1.807) is 18.0 Å². The van der Waals surface area contributed by atoms with Crippen LogP contribution in [0.3, 0.4) is 0 Å². The molecule has 1 atom stereocenters. The fourth-order valence-corrected chi connectivity index (χ4v) is 3.17. The SMILES string of the molecule is Cn1ccnc1SC[C@@H](O)c1ccc(-c2ccccc2)cc1. The van der Waals surface area contributed by atoms with E-state index >= 15 is 0 Å². The van der Waals surface area contributed by atoms with Crippen molar-refractivity contribution in [1.29, 1.82) is 0 Å². The van der Waals surface area contributed by atoms with Crippen LogP contribution in [0.1, 0.15) is 11.7 Å². The molecule has 112 valence electrons. The number of imidazole rings is 1. The Hall–Kier alpha value is -2.04. The number of aliphatic hydroxyl groups excluding tert-OH is 1. The zero-order valence-corrected chi connectivity index (χ0v) is 13.2. The van der Waals surface area contributed by atoms with Crippen LogP contribution >= 0.6 is 11.8 Å². The molecule has 0 saturated carbocycles. The number of hydrogen-bond acceptors (Lipinski definition) is 3. The van der Waals surface area contributed by atoms with Crippen molar-refractivity contribution in [3.05, 3.63) is 72.6 Å². The summed E-state index contributed by atoms with van der Waals surface area (Å²) in [5, 5.41) is 11.2. The van der Waals surface area contributed by atoms with Crippen LogP contribution in [-0.4, -0.2) is 20.4 Å². The minimum atomic E-state index is -0.494. The van der Waals surface area contributed by atoms with Gasteiger partial charge in [-0.15, -0.1) is 0 Å². The molecule has 1 heterocycles. The standard InChI is InChI=1S/C18H18N2OS/c1-20-12-11-19-18(20)22-13-17(21)16-9-7-15(8-10-16)14-5-3-2-4-6-14/h2-12,17,21H,13H2,1H3/t17-/m1/s1. The number of thioether (sulfide) groups is 1. The van der Waals surface area contributed by atoms with Crippen LogP contribution in [0.15, 0.2) is 72.1 Å². The monoisotopic (exact) mass is 310 g/mol. The molecule has 0 aliphatic rings.